The van der Waals surface area contributed by atoms with Gasteiger partial charge in [-0.25, -0.2) is 0 Å². The Labute approximate surface area is 122 Å². The number of hydrogen-bond donors (Lipinski definition) is 2. The molecule has 0 fully saturated rings. The summed E-state index contributed by atoms with van der Waals surface area (Å²) in [6.45, 7) is 5.79. The monoisotopic (exact) mass is 293 g/mol. The predicted octanol–water partition coefficient (Wildman–Crippen LogP) is 3.04. The van der Waals surface area contributed by atoms with Gasteiger partial charge in [0.05, 0.1) is 6.61 Å². The quantitative estimate of drug-likeness (QED) is 0.479. The van der Waals surface area contributed by atoms with Gasteiger partial charge in [0.25, 0.3) is 5.17 Å². The summed E-state index contributed by atoms with van der Waals surface area (Å²) in [5.41, 5.74) is 0. The van der Waals surface area contributed by atoms with E-state index in [1.807, 2.05) is 0 Å². The van der Waals surface area contributed by atoms with Gasteiger partial charge in [0.2, 0.25) is 0 Å². The second kappa shape index (κ2) is 12.1. The summed E-state index contributed by atoms with van der Waals surface area (Å²) < 4.78 is 11.2. The van der Waals surface area contributed by atoms with Crippen LogP contribution in [-0.2, 0) is 9.47 Å². The molecule has 0 aromatic rings. The molecule has 5 heteroatoms. The fraction of sp³-hybridized carbons (Fsp3) is 0.923. The summed E-state index contributed by atoms with van der Waals surface area (Å²) in [7, 11) is 1.75. The molecule has 0 aromatic carbocycles. The van der Waals surface area contributed by atoms with E-state index in [2.05, 4.69) is 31.8 Å². The molecule has 0 bridgehead atoms. The summed E-state index contributed by atoms with van der Waals surface area (Å²) in [6, 6.07) is 0. The van der Waals surface area contributed by atoms with E-state index in [4.69, 9.17) is 21.7 Å². The molecular formula is C13H27NO2S2. The van der Waals surface area contributed by atoms with E-state index < -0.39 is 0 Å². The van der Waals surface area contributed by atoms with Crippen molar-refractivity contribution in [2.45, 2.75) is 45.6 Å². The van der Waals surface area contributed by atoms with Crippen LogP contribution in [0.4, 0.5) is 0 Å². The van der Waals surface area contributed by atoms with Crippen LogP contribution in [0.25, 0.3) is 0 Å². The van der Waals surface area contributed by atoms with Crippen molar-refractivity contribution in [3.05, 3.63) is 0 Å². The first-order valence-electron chi connectivity index (χ1n) is 6.74. The van der Waals surface area contributed by atoms with E-state index in [0.717, 1.165) is 6.61 Å². The van der Waals surface area contributed by atoms with Gasteiger partial charge in [-0.2, -0.15) is 12.6 Å². The maximum Gasteiger partial charge on any atom is 0.256 e. The average molecular weight is 293 g/mol. The van der Waals surface area contributed by atoms with Crippen LogP contribution in [0.3, 0.4) is 0 Å². The van der Waals surface area contributed by atoms with Gasteiger partial charge in [-0.3, -0.25) is 0 Å². The van der Waals surface area contributed by atoms with Crippen LogP contribution in [0.15, 0.2) is 0 Å². The highest BCUT2D eigenvalue weighted by molar-refractivity contribution is 7.80. The van der Waals surface area contributed by atoms with E-state index in [0.29, 0.717) is 23.5 Å². The third kappa shape index (κ3) is 9.00. The van der Waals surface area contributed by atoms with Gasteiger partial charge >= 0.3 is 0 Å². The van der Waals surface area contributed by atoms with Crippen LogP contribution in [0.5, 0.6) is 0 Å². The van der Waals surface area contributed by atoms with E-state index in [9.17, 15) is 0 Å². The van der Waals surface area contributed by atoms with Gasteiger partial charge in [0, 0.05) is 19.4 Å². The van der Waals surface area contributed by atoms with Gasteiger partial charge in [0.1, 0.15) is 6.10 Å². The minimum atomic E-state index is -0.0723. The minimum absolute atomic E-state index is 0.0723. The fourth-order valence-electron chi connectivity index (χ4n) is 1.60. The predicted molar refractivity (Wildman–Crippen MR) is 84.5 cm³/mol. The molecule has 0 aliphatic carbocycles. The highest BCUT2D eigenvalue weighted by Gasteiger charge is 2.12. The van der Waals surface area contributed by atoms with E-state index in [-0.39, 0.29) is 6.10 Å². The van der Waals surface area contributed by atoms with Crippen molar-refractivity contribution in [1.82, 2.24) is 5.32 Å². The van der Waals surface area contributed by atoms with Crippen molar-refractivity contribution in [2.24, 2.45) is 5.92 Å². The van der Waals surface area contributed by atoms with Crippen molar-refractivity contribution in [3.63, 3.8) is 0 Å². The lowest BCUT2D eigenvalue weighted by molar-refractivity contribution is 0.0341. The smallest absolute Gasteiger partial charge is 0.256 e. The molecule has 0 aliphatic heterocycles. The first kappa shape index (κ1) is 18.0. The lowest BCUT2D eigenvalue weighted by Gasteiger charge is -2.19. The molecule has 0 amide bonds. The zero-order valence-electron chi connectivity index (χ0n) is 11.8. The zero-order valence-corrected chi connectivity index (χ0v) is 13.5. The maximum atomic E-state index is 5.72. The van der Waals surface area contributed by atoms with Crippen molar-refractivity contribution < 1.29 is 9.47 Å². The summed E-state index contributed by atoms with van der Waals surface area (Å²) >= 11 is 9.20. The number of nitrogens with one attached hydrogen (secondary N) is 1. The number of thiol groups is 1. The zero-order chi connectivity index (χ0) is 13.8. The Morgan fingerprint density at radius 2 is 2.06 bits per heavy atom. The van der Waals surface area contributed by atoms with E-state index in [1.165, 1.54) is 25.7 Å². The van der Waals surface area contributed by atoms with Gasteiger partial charge in [-0.05, 0) is 24.6 Å². The maximum absolute atomic E-state index is 5.72. The molecule has 108 valence electrons. The molecule has 0 radical (unpaired) electrons. The number of rotatable bonds is 10. The molecule has 3 nitrogen and oxygen atoms in total. The third-order valence-electron chi connectivity index (χ3n) is 2.88. The Morgan fingerprint density at radius 3 is 2.56 bits per heavy atom. The normalized spacial score (nSPS) is 14.0. The van der Waals surface area contributed by atoms with Crippen LogP contribution >= 0.6 is 24.8 Å². The van der Waals surface area contributed by atoms with E-state index in [1.54, 1.807) is 7.05 Å². The Hall–Kier alpha value is -0.0000000000000000278. The Morgan fingerprint density at radius 1 is 1.33 bits per heavy atom. The molecule has 0 rings (SSSR count). The van der Waals surface area contributed by atoms with Crippen molar-refractivity contribution in [3.8, 4) is 0 Å². The Balaban J connectivity index is 3.79. The summed E-state index contributed by atoms with van der Waals surface area (Å²) in [5, 5.41) is 3.19. The molecule has 0 spiro atoms. The number of hydrogen-bond acceptors (Lipinski definition) is 4. The number of ether oxygens (including phenoxy) is 2. The largest absolute Gasteiger partial charge is 0.464 e. The van der Waals surface area contributed by atoms with Crippen molar-refractivity contribution >= 4 is 30.0 Å². The molecule has 2 atom stereocenters. The lowest BCUT2D eigenvalue weighted by atomic mass is 10.0. The van der Waals surface area contributed by atoms with Crippen molar-refractivity contribution in [1.29, 1.82) is 0 Å². The molecule has 18 heavy (non-hydrogen) atoms. The Kier molecular flexibility index (Phi) is 12.1. The van der Waals surface area contributed by atoms with Crippen LogP contribution in [0.1, 0.15) is 39.5 Å². The van der Waals surface area contributed by atoms with Gasteiger partial charge in [-0.15, -0.1) is 0 Å². The first-order valence-corrected chi connectivity index (χ1v) is 7.78. The summed E-state index contributed by atoms with van der Waals surface area (Å²) in [5.74, 6) is 1.26. The highest BCUT2D eigenvalue weighted by atomic mass is 32.1. The standard InChI is InChI=1S/C13H27NO2S2/c1-4-6-7-11(5-2)8-15-9-12(10-17)16-13(18)14-3/h11-12,17H,4-10H2,1-3H3,(H,14,18). The summed E-state index contributed by atoms with van der Waals surface area (Å²) in [6.07, 6.45) is 4.86. The third-order valence-corrected chi connectivity index (χ3v) is 3.59. The summed E-state index contributed by atoms with van der Waals surface area (Å²) in [4.78, 5) is 0. The SMILES string of the molecule is CCCCC(CC)COCC(CS)OC(=S)NC. The van der Waals surface area contributed by atoms with Crippen LogP contribution in [-0.4, -0.2) is 37.3 Å². The molecule has 2 unspecified atom stereocenters. The van der Waals surface area contributed by atoms with Gasteiger partial charge < -0.3 is 14.8 Å². The first-order chi connectivity index (χ1) is 8.67. The molecule has 0 aromatic heterocycles. The molecule has 0 heterocycles. The molecular weight excluding hydrogens is 266 g/mol. The lowest BCUT2D eigenvalue weighted by Crippen LogP contribution is -2.30. The fourth-order valence-corrected chi connectivity index (χ4v) is 1.91. The van der Waals surface area contributed by atoms with E-state index >= 15 is 0 Å². The minimum Gasteiger partial charge on any atom is -0.464 e. The van der Waals surface area contributed by atoms with Crippen LogP contribution < -0.4 is 5.32 Å². The van der Waals surface area contributed by atoms with Gasteiger partial charge in [0.15, 0.2) is 0 Å². The molecule has 0 saturated heterocycles. The average Bonchev–Trinajstić information content (AvgIpc) is 2.40. The van der Waals surface area contributed by atoms with Crippen LogP contribution in [0, 0.1) is 5.92 Å². The second-order valence-corrected chi connectivity index (χ2v) is 5.15. The molecule has 1 N–H and O–H groups in total. The Bertz CT molecular complexity index is 215. The second-order valence-electron chi connectivity index (χ2n) is 4.41. The van der Waals surface area contributed by atoms with Crippen LogP contribution in [0.2, 0.25) is 0 Å². The van der Waals surface area contributed by atoms with Gasteiger partial charge in [-0.1, -0.05) is 33.1 Å². The number of thiocarbonyl (C=S) groups is 1. The van der Waals surface area contributed by atoms with Crippen molar-refractivity contribution in [2.75, 3.05) is 26.0 Å². The topological polar surface area (TPSA) is 30.5 Å². The highest BCUT2D eigenvalue weighted by Crippen LogP contribution is 2.13. The molecule has 0 saturated carbocycles. The molecule has 0 aliphatic rings. The number of unbranched alkanes of at least 4 members (excludes halogenated alkanes) is 1.